The predicted molar refractivity (Wildman–Crippen MR) is 322 cm³/mol. The van der Waals surface area contributed by atoms with Crippen LogP contribution in [0, 0.1) is 14.1 Å². The van der Waals surface area contributed by atoms with E-state index in [0.29, 0.717) is 23.3 Å². The summed E-state index contributed by atoms with van der Waals surface area (Å²) in [6.45, 7) is 8.84. The zero-order valence-corrected chi connectivity index (χ0v) is 45.5. The minimum atomic E-state index is -0.0835. The van der Waals surface area contributed by atoms with Gasteiger partial charge in [-0.2, -0.15) is 0 Å². The van der Waals surface area contributed by atoms with Gasteiger partial charge in [-0.15, -0.1) is 0 Å². The standard InChI is InChI=1S/C66H48I2N6/c1-41-31-49(34-52(67)32-41)64-71-63(72-65(73-64)50-33-51(66(2,3)4)39-53(68)35-50)48-27-30-61(56(38-48)58-40-57(44-21-13-7-14-22-44)69-62(70-58)45-23-15-8-16-24-45)74-59-28-25-46(42-17-9-5-10-18-42)36-54(59)55-37-47(26-29-60(55)74)43-19-11-6-12-20-43/h5-40H,1-4H3. The van der Waals surface area contributed by atoms with Crippen molar-refractivity contribution in [1.29, 1.82) is 0 Å². The highest BCUT2D eigenvalue weighted by Gasteiger charge is 2.23. The van der Waals surface area contributed by atoms with Crippen molar-refractivity contribution in [1.82, 2.24) is 29.5 Å². The van der Waals surface area contributed by atoms with E-state index in [1.54, 1.807) is 0 Å². The third-order valence-corrected chi connectivity index (χ3v) is 14.8. The number of aryl methyl sites for hydroxylation is 1. The lowest BCUT2D eigenvalue weighted by Crippen LogP contribution is -2.11. The molecule has 3 aromatic heterocycles. The lowest BCUT2D eigenvalue weighted by molar-refractivity contribution is 0.590. The van der Waals surface area contributed by atoms with Crippen LogP contribution in [0.3, 0.4) is 0 Å². The SMILES string of the molecule is Cc1cc(I)cc(-c2nc(-c3cc(I)cc(C(C)(C)C)c3)nc(-c3ccc(-n4c5ccc(-c6ccccc6)cc5c5cc(-c6ccccc6)ccc54)c(-c4cc(-c5ccccc5)nc(-c5ccccc5)n4)c3)n2)c1. The highest BCUT2D eigenvalue weighted by molar-refractivity contribution is 14.1. The van der Waals surface area contributed by atoms with Crippen LogP contribution in [-0.2, 0) is 5.41 Å². The van der Waals surface area contributed by atoms with Crippen molar-refractivity contribution in [3.05, 3.63) is 237 Å². The fraction of sp³-hybridized carbons (Fsp3) is 0.0758. The summed E-state index contributed by atoms with van der Waals surface area (Å²) in [5.41, 5.74) is 17.1. The van der Waals surface area contributed by atoms with Gasteiger partial charge in [0.2, 0.25) is 0 Å². The van der Waals surface area contributed by atoms with Gasteiger partial charge in [-0.05, 0) is 176 Å². The smallest absolute Gasteiger partial charge is 0.164 e. The number of nitrogens with zero attached hydrogens (tertiary/aromatic N) is 6. The molecule has 0 atom stereocenters. The Morgan fingerprint density at radius 1 is 0.351 bits per heavy atom. The van der Waals surface area contributed by atoms with E-state index >= 15 is 0 Å². The topological polar surface area (TPSA) is 69.4 Å². The molecule has 6 nitrogen and oxygen atoms in total. The maximum atomic E-state index is 5.49. The van der Waals surface area contributed by atoms with Crippen LogP contribution < -0.4 is 0 Å². The molecule has 0 aliphatic carbocycles. The molecular weight excluding hydrogens is 1130 g/mol. The molecule has 3 heterocycles. The first-order chi connectivity index (χ1) is 36.0. The molecule has 0 N–H and O–H groups in total. The van der Waals surface area contributed by atoms with E-state index in [0.717, 1.165) is 96.1 Å². The molecule has 0 bridgehead atoms. The van der Waals surface area contributed by atoms with E-state index in [2.05, 4.69) is 272 Å². The zero-order valence-electron chi connectivity index (χ0n) is 41.2. The molecule has 12 rings (SSSR count). The van der Waals surface area contributed by atoms with E-state index < -0.39 is 0 Å². The molecule has 74 heavy (non-hydrogen) atoms. The van der Waals surface area contributed by atoms with Crippen molar-refractivity contribution in [3.8, 4) is 96.0 Å². The normalized spacial score (nSPS) is 11.6. The molecule has 0 aliphatic heterocycles. The Kier molecular flexibility index (Phi) is 12.6. The Labute approximate surface area is 458 Å². The monoisotopic (exact) mass is 1180 g/mol. The Morgan fingerprint density at radius 3 is 1.35 bits per heavy atom. The van der Waals surface area contributed by atoms with Gasteiger partial charge in [0.15, 0.2) is 23.3 Å². The van der Waals surface area contributed by atoms with Crippen molar-refractivity contribution < 1.29 is 0 Å². The van der Waals surface area contributed by atoms with Crippen LogP contribution in [0.5, 0.6) is 0 Å². The second-order valence-electron chi connectivity index (χ2n) is 19.8. The molecule has 0 aliphatic rings. The number of aromatic nitrogens is 6. The predicted octanol–water partition coefficient (Wildman–Crippen LogP) is 17.9. The summed E-state index contributed by atoms with van der Waals surface area (Å²) in [4.78, 5) is 26.7. The summed E-state index contributed by atoms with van der Waals surface area (Å²) in [6, 6.07) is 77.4. The largest absolute Gasteiger partial charge is 0.309 e. The Hall–Kier alpha value is -7.67. The summed E-state index contributed by atoms with van der Waals surface area (Å²) in [5, 5.41) is 2.30. The van der Waals surface area contributed by atoms with Gasteiger partial charge in [-0.1, -0.05) is 154 Å². The molecule has 0 unspecified atom stereocenters. The van der Waals surface area contributed by atoms with E-state index in [4.69, 9.17) is 24.9 Å². The maximum absolute atomic E-state index is 5.49. The number of fused-ring (bicyclic) bond motifs is 3. The summed E-state index contributed by atoms with van der Waals surface area (Å²) in [7, 11) is 0. The summed E-state index contributed by atoms with van der Waals surface area (Å²) < 4.78 is 4.64. The van der Waals surface area contributed by atoms with E-state index in [9.17, 15) is 0 Å². The number of benzene rings is 9. The first-order valence-corrected chi connectivity index (χ1v) is 26.8. The summed E-state index contributed by atoms with van der Waals surface area (Å²) in [6.07, 6.45) is 0. The Balaban J connectivity index is 1.15. The van der Waals surface area contributed by atoms with Gasteiger partial charge in [0.25, 0.3) is 0 Å². The van der Waals surface area contributed by atoms with Crippen molar-refractivity contribution in [2.45, 2.75) is 33.1 Å². The second-order valence-corrected chi connectivity index (χ2v) is 22.3. The lowest BCUT2D eigenvalue weighted by Gasteiger charge is -2.20. The number of rotatable bonds is 9. The van der Waals surface area contributed by atoms with Gasteiger partial charge in [0.1, 0.15) is 0 Å². The van der Waals surface area contributed by atoms with E-state index in [1.165, 1.54) is 16.7 Å². The first-order valence-electron chi connectivity index (χ1n) is 24.7. The molecule has 0 fully saturated rings. The Morgan fingerprint density at radius 2 is 0.811 bits per heavy atom. The minimum Gasteiger partial charge on any atom is -0.309 e. The summed E-state index contributed by atoms with van der Waals surface area (Å²) >= 11 is 4.80. The number of halogens is 2. The molecule has 356 valence electrons. The third-order valence-electron chi connectivity index (χ3n) is 13.5. The van der Waals surface area contributed by atoms with E-state index in [-0.39, 0.29) is 5.41 Å². The molecule has 12 aromatic rings. The van der Waals surface area contributed by atoms with Crippen LogP contribution in [0.1, 0.15) is 31.9 Å². The summed E-state index contributed by atoms with van der Waals surface area (Å²) in [5.74, 6) is 2.42. The average Bonchev–Trinajstić information content (AvgIpc) is 3.76. The second kappa shape index (κ2) is 19.6. The number of hydrogen-bond acceptors (Lipinski definition) is 5. The van der Waals surface area contributed by atoms with Crippen LogP contribution in [0.4, 0.5) is 0 Å². The number of hydrogen-bond donors (Lipinski definition) is 0. The Bertz CT molecular complexity index is 3900. The molecule has 0 saturated carbocycles. The quantitative estimate of drug-likeness (QED) is 0.135. The van der Waals surface area contributed by atoms with Crippen molar-refractivity contribution >= 4 is 67.0 Å². The van der Waals surface area contributed by atoms with Crippen LogP contribution in [0.25, 0.3) is 118 Å². The maximum Gasteiger partial charge on any atom is 0.164 e. The van der Waals surface area contributed by atoms with Crippen molar-refractivity contribution in [3.63, 3.8) is 0 Å². The molecule has 0 amide bonds. The van der Waals surface area contributed by atoms with Crippen LogP contribution in [-0.4, -0.2) is 29.5 Å². The third kappa shape index (κ3) is 9.44. The van der Waals surface area contributed by atoms with Crippen molar-refractivity contribution in [2.75, 3.05) is 0 Å². The van der Waals surface area contributed by atoms with Crippen LogP contribution in [0.15, 0.2) is 218 Å². The van der Waals surface area contributed by atoms with Gasteiger partial charge in [0, 0.05) is 51.3 Å². The molecule has 0 radical (unpaired) electrons. The zero-order chi connectivity index (χ0) is 50.5. The van der Waals surface area contributed by atoms with Gasteiger partial charge in [-0.25, -0.2) is 24.9 Å². The fourth-order valence-corrected chi connectivity index (χ4v) is 11.3. The van der Waals surface area contributed by atoms with Gasteiger partial charge in [0.05, 0.1) is 28.1 Å². The molecule has 9 aromatic carbocycles. The lowest BCUT2D eigenvalue weighted by atomic mass is 9.86. The molecule has 0 saturated heterocycles. The highest BCUT2D eigenvalue weighted by atomic mass is 127. The molecular formula is C66H48I2N6. The fourth-order valence-electron chi connectivity index (χ4n) is 9.82. The van der Waals surface area contributed by atoms with Gasteiger partial charge in [-0.3, -0.25) is 0 Å². The van der Waals surface area contributed by atoms with Crippen LogP contribution in [0.2, 0.25) is 0 Å². The van der Waals surface area contributed by atoms with Crippen LogP contribution >= 0.6 is 45.2 Å². The average molecular weight is 1180 g/mol. The highest BCUT2D eigenvalue weighted by Crippen LogP contribution is 2.42. The minimum absolute atomic E-state index is 0.0835. The molecule has 0 spiro atoms. The van der Waals surface area contributed by atoms with Gasteiger partial charge < -0.3 is 4.57 Å². The molecule has 8 heteroatoms. The first kappa shape index (κ1) is 47.3. The van der Waals surface area contributed by atoms with Crippen molar-refractivity contribution in [2.24, 2.45) is 0 Å². The van der Waals surface area contributed by atoms with Gasteiger partial charge >= 0.3 is 0 Å². The van der Waals surface area contributed by atoms with E-state index in [1.807, 2.05) is 24.3 Å².